The molecule has 50 heavy (non-hydrogen) atoms. The van der Waals surface area contributed by atoms with Crippen LogP contribution in [-0.2, 0) is 24.2 Å². The summed E-state index contributed by atoms with van der Waals surface area (Å²) in [5.41, 5.74) is 12.6. The Labute approximate surface area is 297 Å². The topological polar surface area (TPSA) is 119 Å². The van der Waals surface area contributed by atoms with Crippen molar-refractivity contribution in [1.82, 2.24) is 13.9 Å². The van der Waals surface area contributed by atoms with Crippen molar-refractivity contribution in [2.45, 2.75) is 83.8 Å². The minimum atomic E-state index is -0.962. The van der Waals surface area contributed by atoms with Crippen molar-refractivity contribution in [2.24, 2.45) is 5.73 Å². The van der Waals surface area contributed by atoms with E-state index in [2.05, 4.69) is 11.5 Å². The van der Waals surface area contributed by atoms with E-state index < -0.39 is 11.5 Å². The highest BCUT2D eigenvalue weighted by atomic mass is 32.2. The molecule has 1 fully saturated rings. The van der Waals surface area contributed by atoms with Crippen LogP contribution in [0.25, 0.3) is 22.2 Å². The summed E-state index contributed by atoms with van der Waals surface area (Å²) >= 11 is 0.965. The molecule has 1 saturated carbocycles. The summed E-state index contributed by atoms with van der Waals surface area (Å²) in [6.07, 6.45) is 5.35. The van der Waals surface area contributed by atoms with Crippen molar-refractivity contribution in [3.8, 4) is 11.1 Å². The third-order valence-electron chi connectivity index (χ3n) is 9.67. The third-order valence-corrected chi connectivity index (χ3v) is 11.0. The first-order chi connectivity index (χ1) is 24.1. The van der Waals surface area contributed by atoms with Crippen molar-refractivity contribution < 1.29 is 19.5 Å². The number of rotatable bonds is 11. The van der Waals surface area contributed by atoms with Gasteiger partial charge in [-0.05, 0) is 85.5 Å². The summed E-state index contributed by atoms with van der Waals surface area (Å²) in [6.45, 7) is 6.61. The molecule has 0 radical (unpaired) electrons. The van der Waals surface area contributed by atoms with Gasteiger partial charge in [-0.1, -0.05) is 92.6 Å². The van der Waals surface area contributed by atoms with Gasteiger partial charge in [0.05, 0.1) is 22.1 Å². The summed E-state index contributed by atoms with van der Waals surface area (Å²) in [4.78, 5) is 45.0. The van der Waals surface area contributed by atoms with E-state index >= 15 is 0 Å². The predicted octanol–water partition coefficient (Wildman–Crippen LogP) is 8.23. The summed E-state index contributed by atoms with van der Waals surface area (Å²) in [6, 6.07) is 28.4. The Morgan fingerprint density at radius 1 is 0.960 bits per heavy atom. The maximum Gasteiger partial charge on any atom is 0.336 e. The van der Waals surface area contributed by atoms with Crippen molar-refractivity contribution in [1.29, 1.82) is 0 Å². The fourth-order valence-corrected chi connectivity index (χ4v) is 7.94. The van der Waals surface area contributed by atoms with Crippen LogP contribution in [-0.4, -0.2) is 47.5 Å². The van der Waals surface area contributed by atoms with E-state index in [1.807, 2.05) is 92.7 Å². The Morgan fingerprint density at radius 2 is 1.64 bits per heavy atom. The highest BCUT2D eigenvalue weighted by Crippen LogP contribution is 2.35. The SMILES string of the molecule is CCCc1nc2c(C)cc(C(=O)N(SC(=O)C3(N)CCCC3)C(C)Cc3ccccc3)cc2n1Cc1ccc(-c2ccccc2C(=O)O)cc1. The van der Waals surface area contributed by atoms with Crippen molar-refractivity contribution in [2.75, 3.05) is 0 Å². The Morgan fingerprint density at radius 3 is 2.32 bits per heavy atom. The first kappa shape index (κ1) is 35.1. The van der Waals surface area contributed by atoms with Crippen LogP contribution in [0.3, 0.4) is 0 Å². The molecule has 0 saturated heterocycles. The lowest BCUT2D eigenvalue weighted by molar-refractivity contribution is -0.115. The van der Waals surface area contributed by atoms with Gasteiger partial charge in [0.15, 0.2) is 0 Å². The van der Waals surface area contributed by atoms with E-state index in [4.69, 9.17) is 10.7 Å². The number of fused-ring (bicyclic) bond motifs is 1. The molecule has 8 nitrogen and oxygen atoms in total. The number of nitrogens with two attached hydrogens (primary N) is 1. The number of nitrogens with zero attached hydrogens (tertiary/aromatic N) is 3. The number of benzene rings is 4. The number of hydrogen-bond donors (Lipinski definition) is 2. The van der Waals surface area contributed by atoms with Crippen LogP contribution < -0.4 is 5.73 Å². The summed E-state index contributed by atoms with van der Waals surface area (Å²) in [7, 11) is 0. The lowest BCUT2D eigenvalue weighted by atomic mass is 9.98. The molecule has 1 unspecified atom stereocenters. The largest absolute Gasteiger partial charge is 0.478 e. The standard InChI is InChI=1S/C41H44N4O4S/c1-4-12-36-43-37-27(2)23-32(25-35(37)44(36)26-30-17-19-31(20-18-30)33-15-8-9-16-34(33)39(47)48)38(46)45(28(3)24-29-13-6-5-7-14-29)50-40(49)41(42)21-10-11-22-41/h5-9,13-20,23,25,28H,4,10-12,21-22,24,26,42H2,1-3H3,(H,47,48). The molecular formula is C41H44N4O4S. The van der Waals surface area contributed by atoms with Crippen LogP contribution >= 0.6 is 11.9 Å². The van der Waals surface area contributed by atoms with Gasteiger partial charge in [0.25, 0.3) is 5.91 Å². The molecule has 9 heteroatoms. The van der Waals surface area contributed by atoms with Gasteiger partial charge >= 0.3 is 5.97 Å². The fraction of sp³-hybridized carbons (Fsp3) is 0.317. The smallest absolute Gasteiger partial charge is 0.336 e. The number of hydrogen-bond acceptors (Lipinski definition) is 6. The highest BCUT2D eigenvalue weighted by molar-refractivity contribution is 8.12. The van der Waals surface area contributed by atoms with Crippen LogP contribution in [0.5, 0.6) is 0 Å². The van der Waals surface area contributed by atoms with Gasteiger partial charge in [-0.3, -0.25) is 13.9 Å². The lowest BCUT2D eigenvalue weighted by Gasteiger charge is -2.31. The first-order valence-corrected chi connectivity index (χ1v) is 18.2. The second-order valence-corrected chi connectivity index (χ2v) is 14.4. The molecule has 1 aromatic heterocycles. The molecule has 4 aromatic carbocycles. The molecule has 0 spiro atoms. The van der Waals surface area contributed by atoms with Crippen LogP contribution in [0.2, 0.25) is 0 Å². The number of aryl methyl sites for hydroxylation is 2. The number of carbonyl (C=O) groups excluding carboxylic acids is 2. The second-order valence-electron chi connectivity index (χ2n) is 13.5. The average molecular weight is 689 g/mol. The maximum absolute atomic E-state index is 14.5. The number of aromatic nitrogens is 2. The van der Waals surface area contributed by atoms with Gasteiger partial charge in [0.1, 0.15) is 5.82 Å². The molecule has 1 heterocycles. The third kappa shape index (κ3) is 7.39. The van der Waals surface area contributed by atoms with E-state index in [0.29, 0.717) is 36.9 Å². The minimum Gasteiger partial charge on any atom is -0.478 e. The number of carboxylic acids is 1. The monoisotopic (exact) mass is 688 g/mol. The van der Waals surface area contributed by atoms with Gasteiger partial charge in [0, 0.05) is 36.5 Å². The van der Waals surface area contributed by atoms with Gasteiger partial charge in [-0.2, -0.15) is 0 Å². The number of imidazole rings is 1. The predicted molar refractivity (Wildman–Crippen MR) is 200 cm³/mol. The first-order valence-electron chi connectivity index (χ1n) is 17.4. The van der Waals surface area contributed by atoms with Crippen molar-refractivity contribution >= 4 is 40.0 Å². The van der Waals surface area contributed by atoms with Crippen molar-refractivity contribution in [3.63, 3.8) is 0 Å². The minimum absolute atomic E-state index is 0.161. The van der Waals surface area contributed by atoms with Crippen molar-refractivity contribution in [3.05, 3.63) is 125 Å². The average Bonchev–Trinajstić information content (AvgIpc) is 3.72. The van der Waals surface area contributed by atoms with Gasteiger partial charge < -0.3 is 15.4 Å². The molecule has 1 aliphatic carbocycles. The Bertz CT molecular complexity index is 2020. The summed E-state index contributed by atoms with van der Waals surface area (Å²) in [5.74, 6) is -0.262. The molecular weight excluding hydrogens is 645 g/mol. The maximum atomic E-state index is 14.5. The second kappa shape index (κ2) is 15.0. The summed E-state index contributed by atoms with van der Waals surface area (Å²) < 4.78 is 3.80. The fourth-order valence-electron chi connectivity index (χ4n) is 6.94. The molecule has 1 aliphatic rings. The van der Waals surface area contributed by atoms with Crippen LogP contribution in [0.15, 0.2) is 91.0 Å². The lowest BCUT2D eigenvalue weighted by Crippen LogP contribution is -2.46. The number of aromatic carboxylic acids is 1. The molecule has 6 rings (SSSR count). The zero-order valence-electron chi connectivity index (χ0n) is 28.9. The molecule has 5 aromatic rings. The molecule has 1 atom stereocenters. The molecule has 1 amide bonds. The summed E-state index contributed by atoms with van der Waals surface area (Å²) in [5, 5.41) is 9.53. The molecule has 0 aliphatic heterocycles. The zero-order valence-corrected chi connectivity index (χ0v) is 29.7. The van der Waals surface area contributed by atoms with E-state index in [0.717, 1.165) is 76.7 Å². The van der Waals surface area contributed by atoms with Crippen LogP contribution in [0.4, 0.5) is 0 Å². The van der Waals surface area contributed by atoms with E-state index in [1.165, 1.54) is 0 Å². The zero-order chi connectivity index (χ0) is 35.4. The van der Waals surface area contributed by atoms with E-state index in [-0.39, 0.29) is 22.6 Å². The van der Waals surface area contributed by atoms with Crippen LogP contribution in [0, 0.1) is 6.92 Å². The Balaban J connectivity index is 1.35. The van der Waals surface area contributed by atoms with Gasteiger partial charge in [0.2, 0.25) is 5.12 Å². The van der Waals surface area contributed by atoms with E-state index in [9.17, 15) is 19.5 Å². The Kier molecular flexibility index (Phi) is 10.6. The number of amides is 1. The van der Waals surface area contributed by atoms with Crippen LogP contribution in [0.1, 0.15) is 89.2 Å². The number of carboxylic acid groups (broad SMARTS) is 1. The van der Waals surface area contributed by atoms with E-state index in [1.54, 1.807) is 16.4 Å². The van der Waals surface area contributed by atoms with Gasteiger partial charge in [-0.25, -0.2) is 9.78 Å². The highest BCUT2D eigenvalue weighted by Gasteiger charge is 2.40. The normalized spacial score (nSPS) is 14.5. The molecule has 258 valence electrons. The molecule has 3 N–H and O–H groups in total. The quantitative estimate of drug-likeness (QED) is 0.134. The molecule has 0 bridgehead atoms. The number of carbonyl (C=O) groups is 3. The Hall–Kier alpha value is -4.73. The van der Waals surface area contributed by atoms with Gasteiger partial charge in [-0.15, -0.1) is 0 Å².